The fourth-order valence-electron chi connectivity index (χ4n) is 2.20. The molecule has 8 nitrogen and oxygen atoms in total. The fraction of sp³-hybridized carbons (Fsp3) is 0.167. The molecular weight excluding hydrogens is 256 g/mol. The van der Waals surface area contributed by atoms with E-state index >= 15 is 0 Å². The number of hydrogen-bond acceptors (Lipinski definition) is 5. The summed E-state index contributed by atoms with van der Waals surface area (Å²) in [7, 11) is 0. The molecular formula is C12H12N8. The Balaban J connectivity index is 1.59. The summed E-state index contributed by atoms with van der Waals surface area (Å²) in [5.74, 6) is 1.44. The number of nitrogens with zero attached hydrogens (tertiary/aromatic N) is 7. The van der Waals surface area contributed by atoms with E-state index in [9.17, 15) is 0 Å². The monoisotopic (exact) mass is 268 g/mol. The summed E-state index contributed by atoms with van der Waals surface area (Å²) >= 11 is 0. The van der Waals surface area contributed by atoms with Gasteiger partial charge in [-0.15, -0.1) is 0 Å². The Kier molecular flexibility index (Phi) is 2.30. The first-order valence-electron chi connectivity index (χ1n) is 6.24. The zero-order chi connectivity index (χ0) is 13.5. The Morgan fingerprint density at radius 1 is 1.30 bits per heavy atom. The van der Waals surface area contributed by atoms with Gasteiger partial charge >= 0.3 is 0 Å². The van der Waals surface area contributed by atoms with Crippen LogP contribution in [0.4, 0.5) is 0 Å². The quantitative estimate of drug-likeness (QED) is 0.819. The van der Waals surface area contributed by atoms with E-state index in [0.717, 1.165) is 16.5 Å². The molecule has 0 aliphatic carbocycles. The zero-order valence-electron chi connectivity index (χ0n) is 10.8. The maximum Gasteiger partial charge on any atom is 0.252 e. The van der Waals surface area contributed by atoms with Crippen molar-refractivity contribution in [1.29, 1.82) is 0 Å². The maximum absolute atomic E-state index is 4.25. The number of quaternary nitrogens is 1. The summed E-state index contributed by atoms with van der Waals surface area (Å²) in [5, 5.41) is 11.1. The summed E-state index contributed by atoms with van der Waals surface area (Å²) in [6.45, 7) is 2.69. The number of rotatable bonds is 2. The van der Waals surface area contributed by atoms with Gasteiger partial charge in [-0.25, -0.2) is 9.50 Å². The van der Waals surface area contributed by atoms with Crippen LogP contribution in [0.3, 0.4) is 0 Å². The van der Waals surface area contributed by atoms with Crippen LogP contribution in [-0.2, 0) is 6.54 Å². The van der Waals surface area contributed by atoms with Gasteiger partial charge in [0, 0.05) is 18.0 Å². The molecule has 100 valence electrons. The Bertz CT molecular complexity index is 756. The lowest BCUT2D eigenvalue weighted by Crippen LogP contribution is -3.11. The van der Waals surface area contributed by atoms with Crippen molar-refractivity contribution >= 4 is 11.6 Å². The van der Waals surface area contributed by atoms with E-state index in [1.54, 1.807) is 10.7 Å². The number of aromatic nitrogens is 4. The molecule has 2 aliphatic heterocycles. The van der Waals surface area contributed by atoms with Crippen molar-refractivity contribution in [2.75, 3.05) is 0 Å². The van der Waals surface area contributed by atoms with E-state index in [1.807, 2.05) is 36.5 Å². The topological polar surface area (TPSA) is 77.2 Å². The Labute approximate surface area is 114 Å². The average molecular weight is 268 g/mol. The molecule has 1 atom stereocenters. The lowest BCUT2D eigenvalue weighted by Gasteiger charge is -2.30. The van der Waals surface area contributed by atoms with Crippen LogP contribution in [0, 0.1) is 0 Å². The second-order valence-corrected chi connectivity index (χ2v) is 4.69. The fourth-order valence-corrected chi connectivity index (χ4v) is 2.20. The van der Waals surface area contributed by atoms with Crippen LogP contribution in [0.15, 0.2) is 47.7 Å². The van der Waals surface area contributed by atoms with Crippen LogP contribution >= 0.6 is 0 Å². The molecule has 0 aromatic carbocycles. The van der Waals surface area contributed by atoms with Gasteiger partial charge in [0.1, 0.15) is 12.9 Å². The molecule has 0 radical (unpaired) electrons. The molecule has 2 aromatic heterocycles. The largest absolute Gasteiger partial charge is 0.377 e. The van der Waals surface area contributed by atoms with Gasteiger partial charge < -0.3 is 10.6 Å². The van der Waals surface area contributed by atoms with E-state index in [2.05, 4.69) is 25.7 Å². The predicted molar refractivity (Wildman–Crippen MR) is 71.0 cm³/mol. The van der Waals surface area contributed by atoms with E-state index in [0.29, 0.717) is 12.3 Å². The highest BCUT2D eigenvalue weighted by Gasteiger charge is 2.22. The van der Waals surface area contributed by atoms with Crippen molar-refractivity contribution in [3.63, 3.8) is 0 Å². The van der Waals surface area contributed by atoms with E-state index in [-0.39, 0.29) is 0 Å². The van der Waals surface area contributed by atoms with Crippen LogP contribution in [0.2, 0.25) is 0 Å². The van der Waals surface area contributed by atoms with Crippen LogP contribution in [0.25, 0.3) is 11.3 Å². The minimum absolute atomic E-state index is 0.593. The van der Waals surface area contributed by atoms with Gasteiger partial charge in [0.2, 0.25) is 0 Å². The first kappa shape index (κ1) is 11.1. The molecule has 4 rings (SSSR count). The molecule has 0 saturated heterocycles. The summed E-state index contributed by atoms with van der Waals surface area (Å²) < 4.78 is 1.66. The molecule has 0 saturated carbocycles. The number of amidine groups is 1. The van der Waals surface area contributed by atoms with Crippen molar-refractivity contribution < 1.29 is 5.12 Å². The van der Waals surface area contributed by atoms with Gasteiger partial charge in [0.15, 0.2) is 5.84 Å². The molecule has 20 heavy (non-hydrogen) atoms. The van der Waals surface area contributed by atoms with Crippen molar-refractivity contribution in [2.24, 2.45) is 5.10 Å². The van der Waals surface area contributed by atoms with Crippen molar-refractivity contribution in [3.05, 3.63) is 53.7 Å². The van der Waals surface area contributed by atoms with E-state index in [1.165, 1.54) is 11.9 Å². The summed E-state index contributed by atoms with van der Waals surface area (Å²) in [6.07, 6.45) is 11.2. The SMILES string of the molecule is CC1=CN2C(=N[N-][NH+]2Cc2cnc3ncnn3c2)C=C1. The molecule has 0 bridgehead atoms. The van der Waals surface area contributed by atoms with Gasteiger partial charge in [-0.3, -0.25) is 5.12 Å². The molecule has 2 aliphatic rings. The van der Waals surface area contributed by atoms with Crippen molar-refractivity contribution in [2.45, 2.75) is 13.5 Å². The highest BCUT2D eigenvalue weighted by Crippen LogP contribution is 2.10. The van der Waals surface area contributed by atoms with Crippen LogP contribution in [0.1, 0.15) is 12.5 Å². The first-order valence-corrected chi connectivity index (χ1v) is 6.24. The Morgan fingerprint density at radius 2 is 2.25 bits per heavy atom. The lowest BCUT2D eigenvalue weighted by molar-refractivity contribution is -0.968. The zero-order valence-corrected chi connectivity index (χ0v) is 10.8. The molecule has 1 unspecified atom stereocenters. The second-order valence-electron chi connectivity index (χ2n) is 4.69. The van der Waals surface area contributed by atoms with E-state index in [4.69, 9.17) is 0 Å². The minimum atomic E-state index is 0.593. The molecule has 8 heteroatoms. The summed E-state index contributed by atoms with van der Waals surface area (Å²) in [4.78, 5) is 8.28. The van der Waals surface area contributed by atoms with Crippen molar-refractivity contribution in [3.8, 4) is 0 Å². The van der Waals surface area contributed by atoms with Crippen LogP contribution in [-0.4, -0.2) is 30.4 Å². The first-order chi connectivity index (χ1) is 9.79. The molecule has 0 spiro atoms. The number of nitrogens with one attached hydrogen (secondary N) is 1. The highest BCUT2D eigenvalue weighted by molar-refractivity contribution is 5.95. The third kappa shape index (κ3) is 1.74. The molecule has 2 aromatic rings. The summed E-state index contributed by atoms with van der Waals surface area (Å²) in [5.41, 5.74) is 6.42. The van der Waals surface area contributed by atoms with Crippen molar-refractivity contribution in [1.82, 2.24) is 24.6 Å². The number of allylic oxidation sites excluding steroid dienone is 2. The predicted octanol–water partition coefficient (Wildman–Crippen LogP) is -0.184. The molecule has 0 fully saturated rings. The maximum atomic E-state index is 4.25. The van der Waals surface area contributed by atoms with Gasteiger partial charge in [-0.05, 0) is 18.6 Å². The number of hydrogen-bond donors (Lipinski definition) is 1. The third-order valence-corrected chi connectivity index (χ3v) is 3.17. The van der Waals surface area contributed by atoms with Gasteiger partial charge in [-0.1, -0.05) is 6.08 Å². The highest BCUT2D eigenvalue weighted by atomic mass is 15.9. The third-order valence-electron chi connectivity index (χ3n) is 3.17. The average Bonchev–Trinajstić information content (AvgIpc) is 3.05. The smallest absolute Gasteiger partial charge is 0.252 e. The normalized spacial score (nSPS) is 20.6. The Hall–Kier alpha value is -2.74. The van der Waals surface area contributed by atoms with Crippen LogP contribution in [0.5, 0.6) is 0 Å². The second kappa shape index (κ2) is 4.14. The molecule has 1 N–H and O–H groups in total. The van der Waals surface area contributed by atoms with Crippen LogP contribution < -0.4 is 5.12 Å². The molecule has 4 heterocycles. The lowest BCUT2D eigenvalue weighted by atomic mass is 10.2. The van der Waals surface area contributed by atoms with Gasteiger partial charge in [-0.2, -0.15) is 15.1 Å². The number of fused-ring (bicyclic) bond motifs is 2. The standard InChI is InChI=1S/C12H12N8/c1-9-2-3-11-16-17-20(19(11)5-9)7-10-4-13-12-14-8-15-18(12)6-10/h2-6,8,20H,7H2,1H3. The summed E-state index contributed by atoms with van der Waals surface area (Å²) in [6, 6.07) is 0. The van der Waals surface area contributed by atoms with Gasteiger partial charge in [0.25, 0.3) is 5.78 Å². The van der Waals surface area contributed by atoms with E-state index < -0.39 is 0 Å². The molecule has 0 amide bonds. The Morgan fingerprint density at radius 3 is 3.20 bits per heavy atom. The van der Waals surface area contributed by atoms with Gasteiger partial charge in [0.05, 0.1) is 6.20 Å². The minimum Gasteiger partial charge on any atom is -0.377 e.